The zero-order valence-corrected chi connectivity index (χ0v) is 14.9. The molecule has 24 heavy (non-hydrogen) atoms. The Hall–Kier alpha value is -1.63. The monoisotopic (exact) mass is 336 g/mol. The van der Waals surface area contributed by atoms with Crippen molar-refractivity contribution in [3.8, 4) is 0 Å². The van der Waals surface area contributed by atoms with Crippen LogP contribution >= 0.6 is 0 Å². The molecule has 0 aromatic heterocycles. The molecule has 2 atom stereocenters. The normalized spacial score (nSPS) is 28.2. The lowest BCUT2D eigenvalue weighted by Crippen LogP contribution is -2.53. The van der Waals surface area contributed by atoms with Crippen LogP contribution in [0.25, 0.3) is 0 Å². The number of amides is 2. The summed E-state index contributed by atoms with van der Waals surface area (Å²) in [7, 11) is 4.18. The molecule has 134 valence electrons. The van der Waals surface area contributed by atoms with E-state index in [-0.39, 0.29) is 17.9 Å². The first-order valence-corrected chi connectivity index (χ1v) is 8.90. The summed E-state index contributed by atoms with van der Waals surface area (Å²) in [5, 5.41) is 0. The van der Waals surface area contributed by atoms with Crippen LogP contribution in [0.15, 0.2) is 4.99 Å². The Morgan fingerprint density at radius 3 is 2.42 bits per heavy atom. The van der Waals surface area contributed by atoms with Crippen LogP contribution in [-0.4, -0.2) is 90.9 Å². The van der Waals surface area contributed by atoms with Crippen molar-refractivity contribution < 1.29 is 14.3 Å². The van der Waals surface area contributed by atoms with Gasteiger partial charge < -0.3 is 19.4 Å². The third-order valence-corrected chi connectivity index (χ3v) is 5.40. The number of hydrogen-bond donors (Lipinski definition) is 0. The highest BCUT2D eigenvalue weighted by molar-refractivity contribution is 5.92. The van der Waals surface area contributed by atoms with E-state index >= 15 is 0 Å². The highest BCUT2D eigenvalue weighted by Gasteiger charge is 2.40. The molecule has 1 unspecified atom stereocenters. The van der Waals surface area contributed by atoms with Gasteiger partial charge in [0.25, 0.3) is 5.91 Å². The number of carbonyl (C=O) groups is 2. The van der Waals surface area contributed by atoms with Crippen molar-refractivity contribution in [2.24, 2.45) is 4.99 Å². The number of aliphatic imine (C=N–C) groups is 1. The van der Waals surface area contributed by atoms with Crippen molar-refractivity contribution >= 4 is 17.7 Å². The van der Waals surface area contributed by atoms with Crippen molar-refractivity contribution in [3.63, 3.8) is 0 Å². The van der Waals surface area contributed by atoms with E-state index in [0.29, 0.717) is 25.1 Å². The van der Waals surface area contributed by atoms with E-state index in [9.17, 15) is 9.59 Å². The van der Waals surface area contributed by atoms with Crippen LogP contribution in [0.2, 0.25) is 0 Å². The number of piperidine rings is 1. The summed E-state index contributed by atoms with van der Waals surface area (Å²) in [6, 6.07) is -0.245. The summed E-state index contributed by atoms with van der Waals surface area (Å²) in [5.74, 6) is 0.602. The molecular formula is C17H28N4O3. The summed E-state index contributed by atoms with van der Waals surface area (Å²) in [4.78, 5) is 35.8. The molecule has 0 N–H and O–H groups in total. The molecule has 3 aliphatic heterocycles. The van der Waals surface area contributed by atoms with Crippen LogP contribution in [0, 0.1) is 0 Å². The maximum absolute atomic E-state index is 12.9. The summed E-state index contributed by atoms with van der Waals surface area (Å²) in [5.41, 5.74) is 0. The molecule has 2 fully saturated rings. The van der Waals surface area contributed by atoms with E-state index in [0.717, 1.165) is 38.8 Å². The number of carbonyl (C=O) groups excluding carboxylic acids is 2. The lowest BCUT2D eigenvalue weighted by Gasteiger charge is -2.37. The van der Waals surface area contributed by atoms with Crippen LogP contribution in [0.4, 0.5) is 0 Å². The third-order valence-electron chi connectivity index (χ3n) is 5.40. The van der Waals surface area contributed by atoms with Crippen LogP contribution in [0.5, 0.6) is 0 Å². The van der Waals surface area contributed by atoms with E-state index in [1.165, 1.54) is 0 Å². The average Bonchev–Trinajstić information content (AvgIpc) is 3.22. The number of likely N-dealkylation sites (tertiary alicyclic amines) is 2. The third kappa shape index (κ3) is 3.41. The fourth-order valence-corrected chi connectivity index (χ4v) is 3.91. The van der Waals surface area contributed by atoms with E-state index in [2.05, 4.69) is 24.0 Å². The molecule has 2 amide bonds. The summed E-state index contributed by atoms with van der Waals surface area (Å²) in [6.07, 6.45) is 3.64. The molecule has 0 aromatic rings. The second-order valence-electron chi connectivity index (χ2n) is 7.18. The number of hydrogen-bond acceptors (Lipinski definition) is 5. The Morgan fingerprint density at radius 2 is 1.83 bits per heavy atom. The highest BCUT2D eigenvalue weighted by atomic mass is 16.5. The van der Waals surface area contributed by atoms with Gasteiger partial charge in [0, 0.05) is 32.6 Å². The first-order valence-electron chi connectivity index (χ1n) is 8.90. The Kier molecular flexibility index (Phi) is 5.08. The Morgan fingerprint density at radius 1 is 1.12 bits per heavy atom. The van der Waals surface area contributed by atoms with Gasteiger partial charge in [-0.3, -0.25) is 9.59 Å². The van der Waals surface area contributed by atoms with Gasteiger partial charge in [0.15, 0.2) is 11.9 Å². The predicted octanol–water partition coefficient (Wildman–Crippen LogP) is 0.347. The predicted molar refractivity (Wildman–Crippen MR) is 90.9 cm³/mol. The molecule has 3 aliphatic rings. The van der Waals surface area contributed by atoms with Crippen molar-refractivity contribution in [3.05, 3.63) is 0 Å². The van der Waals surface area contributed by atoms with Gasteiger partial charge in [-0.25, -0.2) is 4.99 Å². The van der Waals surface area contributed by atoms with Crippen molar-refractivity contribution in [2.75, 3.05) is 40.3 Å². The fraction of sp³-hybridized carbons (Fsp3) is 0.824. The molecule has 0 bridgehead atoms. The molecule has 0 radical (unpaired) electrons. The Labute approximate surface area is 143 Å². The van der Waals surface area contributed by atoms with Crippen molar-refractivity contribution in [2.45, 2.75) is 50.7 Å². The number of ether oxygens (including phenoxy) is 1. The first kappa shape index (κ1) is 17.2. The van der Waals surface area contributed by atoms with Gasteiger partial charge in [0.1, 0.15) is 12.6 Å². The average molecular weight is 336 g/mol. The van der Waals surface area contributed by atoms with Gasteiger partial charge in [-0.2, -0.15) is 0 Å². The minimum Gasteiger partial charge on any atom is -0.478 e. The Balaban J connectivity index is 1.61. The first-order chi connectivity index (χ1) is 11.5. The second kappa shape index (κ2) is 7.09. The van der Waals surface area contributed by atoms with E-state index in [1.807, 2.05) is 4.90 Å². The lowest BCUT2D eigenvalue weighted by atomic mass is 10.0. The minimum atomic E-state index is -0.474. The van der Waals surface area contributed by atoms with Gasteiger partial charge >= 0.3 is 0 Å². The molecule has 0 aliphatic carbocycles. The largest absolute Gasteiger partial charge is 0.478 e. The molecule has 3 heterocycles. The topological polar surface area (TPSA) is 65.5 Å². The molecule has 7 nitrogen and oxygen atoms in total. The zero-order chi connectivity index (χ0) is 17.3. The standard InChI is InChI=1S/C17H28N4O3/c1-12-18-14(11-24-12)16(22)21-8-4-5-15(21)17(23)20-9-6-13(7-10-20)19(2)3/h13-15H,4-11H2,1-3H3/t14?,15-/m0/s1. The summed E-state index contributed by atoms with van der Waals surface area (Å²) in [6.45, 7) is 4.27. The molecule has 2 saturated heterocycles. The summed E-state index contributed by atoms with van der Waals surface area (Å²) >= 11 is 0. The summed E-state index contributed by atoms with van der Waals surface area (Å²) < 4.78 is 5.29. The molecule has 3 rings (SSSR count). The van der Waals surface area contributed by atoms with Crippen LogP contribution < -0.4 is 0 Å². The van der Waals surface area contributed by atoms with E-state index in [4.69, 9.17) is 4.74 Å². The van der Waals surface area contributed by atoms with Crippen LogP contribution in [-0.2, 0) is 14.3 Å². The Bertz CT molecular complexity index is 526. The van der Waals surface area contributed by atoms with Gasteiger partial charge in [-0.1, -0.05) is 0 Å². The molecule has 0 aromatic carbocycles. The maximum Gasteiger partial charge on any atom is 0.251 e. The van der Waals surface area contributed by atoms with Crippen molar-refractivity contribution in [1.29, 1.82) is 0 Å². The maximum atomic E-state index is 12.9. The number of nitrogens with zero attached hydrogens (tertiary/aromatic N) is 4. The highest BCUT2D eigenvalue weighted by Crippen LogP contribution is 2.24. The number of rotatable bonds is 3. The van der Waals surface area contributed by atoms with Gasteiger partial charge in [-0.15, -0.1) is 0 Å². The smallest absolute Gasteiger partial charge is 0.251 e. The second-order valence-corrected chi connectivity index (χ2v) is 7.18. The van der Waals surface area contributed by atoms with Gasteiger partial charge in [-0.05, 0) is 39.8 Å². The van der Waals surface area contributed by atoms with E-state index in [1.54, 1.807) is 11.8 Å². The lowest BCUT2D eigenvalue weighted by molar-refractivity contribution is -0.145. The quantitative estimate of drug-likeness (QED) is 0.746. The molecule has 0 spiro atoms. The SMILES string of the molecule is CC1=NC(C(=O)N2CCC[C@H]2C(=O)N2CCC(N(C)C)CC2)CO1. The molecular weight excluding hydrogens is 308 g/mol. The fourth-order valence-electron chi connectivity index (χ4n) is 3.91. The van der Waals surface area contributed by atoms with Crippen LogP contribution in [0.1, 0.15) is 32.6 Å². The minimum absolute atomic E-state index is 0.0640. The van der Waals surface area contributed by atoms with Gasteiger partial charge in [0.05, 0.1) is 0 Å². The van der Waals surface area contributed by atoms with Crippen molar-refractivity contribution in [1.82, 2.24) is 14.7 Å². The molecule has 0 saturated carbocycles. The molecule has 7 heteroatoms. The van der Waals surface area contributed by atoms with Crippen LogP contribution in [0.3, 0.4) is 0 Å². The van der Waals surface area contributed by atoms with Gasteiger partial charge in [0.2, 0.25) is 5.91 Å². The zero-order valence-electron chi connectivity index (χ0n) is 14.9. The van der Waals surface area contributed by atoms with E-state index < -0.39 is 6.04 Å².